The molecule has 3 aromatic carbocycles. The number of carbonyl (C=O) groups excluding carboxylic acids is 2. The molecule has 0 bridgehead atoms. The van der Waals surface area contributed by atoms with Crippen LogP contribution in [0.15, 0.2) is 60.7 Å². The first-order valence-corrected chi connectivity index (χ1v) is 10.4. The Morgan fingerprint density at radius 3 is 2.00 bits per heavy atom. The third kappa shape index (κ3) is 4.23. The average Bonchev–Trinajstić information content (AvgIpc) is 3.21. The average molecular weight is 460 g/mol. The molecule has 4 rings (SSSR count). The molecular weight excluding hydrogens is 436 g/mol. The van der Waals surface area contributed by atoms with Gasteiger partial charge in [0.1, 0.15) is 5.82 Å². The smallest absolute Gasteiger partial charge is 0.269 e. The molecule has 174 valence electrons. The lowest BCUT2D eigenvalue weighted by Gasteiger charge is -2.14. The molecule has 0 fully saturated rings. The summed E-state index contributed by atoms with van der Waals surface area (Å²) in [5.74, 6) is 0.798. The highest BCUT2D eigenvalue weighted by Gasteiger charge is 2.18. The Hall–Kier alpha value is -4.53. The lowest BCUT2D eigenvalue weighted by molar-refractivity contribution is 0.0846. The van der Waals surface area contributed by atoms with Crippen LogP contribution in [-0.4, -0.2) is 42.7 Å². The number of hydrogen-bond donors (Lipinski definition) is 2. The van der Waals surface area contributed by atoms with E-state index in [4.69, 9.17) is 14.2 Å². The van der Waals surface area contributed by atoms with Crippen LogP contribution in [0, 0.1) is 6.92 Å². The minimum absolute atomic E-state index is 0.225. The molecule has 1 aromatic heterocycles. The van der Waals surface area contributed by atoms with Crippen LogP contribution in [0.5, 0.6) is 17.2 Å². The van der Waals surface area contributed by atoms with Gasteiger partial charge in [-0.2, -0.15) is 0 Å². The number of benzene rings is 3. The first-order valence-electron chi connectivity index (χ1n) is 10.4. The van der Waals surface area contributed by atoms with Crippen LogP contribution in [0.3, 0.4) is 0 Å². The van der Waals surface area contributed by atoms with Gasteiger partial charge in [-0.3, -0.25) is 25.0 Å². The summed E-state index contributed by atoms with van der Waals surface area (Å²) in [6, 6.07) is 18.0. The molecule has 0 atom stereocenters. The number of hydrogen-bond acceptors (Lipinski definition) is 6. The quantitative estimate of drug-likeness (QED) is 0.427. The zero-order valence-electron chi connectivity index (χ0n) is 19.2. The third-order valence-corrected chi connectivity index (χ3v) is 5.32. The van der Waals surface area contributed by atoms with E-state index in [-0.39, 0.29) is 5.56 Å². The molecule has 0 saturated carbocycles. The van der Waals surface area contributed by atoms with E-state index in [0.717, 1.165) is 17.0 Å². The van der Waals surface area contributed by atoms with E-state index >= 15 is 0 Å². The zero-order valence-corrected chi connectivity index (χ0v) is 19.2. The van der Waals surface area contributed by atoms with E-state index in [1.54, 1.807) is 12.1 Å². The molecule has 34 heavy (non-hydrogen) atoms. The lowest BCUT2D eigenvalue weighted by atomic mass is 10.1. The molecular formula is C25H24N4O5. The van der Waals surface area contributed by atoms with Gasteiger partial charge in [0.25, 0.3) is 11.8 Å². The van der Waals surface area contributed by atoms with Gasteiger partial charge in [-0.25, -0.2) is 4.98 Å². The number of rotatable bonds is 6. The van der Waals surface area contributed by atoms with Gasteiger partial charge in [0, 0.05) is 16.8 Å². The van der Waals surface area contributed by atoms with Gasteiger partial charge in [-0.15, -0.1) is 0 Å². The predicted molar refractivity (Wildman–Crippen MR) is 127 cm³/mol. The Bertz CT molecular complexity index is 1340. The normalized spacial score (nSPS) is 10.6. The summed E-state index contributed by atoms with van der Waals surface area (Å²) in [7, 11) is 4.39. The Morgan fingerprint density at radius 1 is 0.794 bits per heavy atom. The standard InChI is InChI=1S/C25H24N4O5/c1-15-26-19-12-16(10-11-20(19)29(15)18-8-6-5-7-9-18)24(30)27-28-25(31)17-13-21(32-2)23(34-4)22(14-17)33-3/h5-14H,1-4H3,(H,27,30)(H,28,31). The second-order valence-corrected chi connectivity index (χ2v) is 7.36. The van der Waals surface area contributed by atoms with Crippen molar-refractivity contribution in [2.24, 2.45) is 0 Å². The molecule has 0 aliphatic rings. The molecule has 0 radical (unpaired) electrons. The SMILES string of the molecule is COc1cc(C(=O)NNC(=O)c2ccc3c(c2)nc(C)n3-c2ccccc2)cc(OC)c1OC. The monoisotopic (exact) mass is 460 g/mol. The van der Waals surface area contributed by atoms with Gasteiger partial charge < -0.3 is 14.2 Å². The summed E-state index contributed by atoms with van der Waals surface area (Å²) >= 11 is 0. The second-order valence-electron chi connectivity index (χ2n) is 7.36. The highest BCUT2D eigenvalue weighted by Crippen LogP contribution is 2.38. The van der Waals surface area contributed by atoms with Gasteiger partial charge in [0.2, 0.25) is 5.75 Å². The van der Waals surface area contributed by atoms with Crippen LogP contribution in [0.2, 0.25) is 0 Å². The first-order chi connectivity index (χ1) is 16.5. The highest BCUT2D eigenvalue weighted by molar-refractivity contribution is 6.01. The van der Waals surface area contributed by atoms with E-state index in [2.05, 4.69) is 15.8 Å². The van der Waals surface area contributed by atoms with Gasteiger partial charge in [0.15, 0.2) is 11.5 Å². The van der Waals surface area contributed by atoms with Crippen LogP contribution in [0.4, 0.5) is 0 Å². The maximum atomic E-state index is 12.7. The molecule has 0 saturated heterocycles. The van der Waals surface area contributed by atoms with Gasteiger partial charge in [-0.05, 0) is 49.4 Å². The van der Waals surface area contributed by atoms with Crippen molar-refractivity contribution in [1.82, 2.24) is 20.4 Å². The molecule has 0 unspecified atom stereocenters. The number of para-hydroxylation sites is 1. The Kier molecular flexibility index (Phi) is 6.35. The molecule has 4 aromatic rings. The second kappa shape index (κ2) is 9.53. The fraction of sp³-hybridized carbons (Fsp3) is 0.160. The van der Waals surface area contributed by atoms with Crippen molar-refractivity contribution in [2.45, 2.75) is 6.92 Å². The third-order valence-electron chi connectivity index (χ3n) is 5.32. The Labute approximate surface area is 196 Å². The van der Waals surface area contributed by atoms with E-state index in [1.807, 2.05) is 47.9 Å². The van der Waals surface area contributed by atoms with Crippen LogP contribution < -0.4 is 25.1 Å². The number of hydrazine groups is 1. The number of imidazole rings is 1. The molecule has 0 aliphatic carbocycles. The fourth-order valence-electron chi connectivity index (χ4n) is 3.71. The Balaban J connectivity index is 1.52. The molecule has 9 nitrogen and oxygen atoms in total. The fourth-order valence-corrected chi connectivity index (χ4v) is 3.71. The summed E-state index contributed by atoms with van der Waals surface area (Å²) < 4.78 is 17.8. The summed E-state index contributed by atoms with van der Waals surface area (Å²) in [4.78, 5) is 29.9. The number of aryl methyl sites for hydroxylation is 1. The number of carbonyl (C=O) groups is 2. The van der Waals surface area contributed by atoms with Crippen molar-refractivity contribution < 1.29 is 23.8 Å². The number of fused-ring (bicyclic) bond motifs is 1. The lowest BCUT2D eigenvalue weighted by Crippen LogP contribution is -2.41. The number of amides is 2. The number of nitrogens with zero attached hydrogens (tertiary/aromatic N) is 2. The predicted octanol–water partition coefficient (Wildman–Crippen LogP) is 3.43. The maximum Gasteiger partial charge on any atom is 0.269 e. The minimum Gasteiger partial charge on any atom is -0.493 e. The molecule has 2 N–H and O–H groups in total. The van der Waals surface area contributed by atoms with Crippen LogP contribution >= 0.6 is 0 Å². The minimum atomic E-state index is -0.544. The number of nitrogens with one attached hydrogen (secondary N) is 2. The number of ether oxygens (including phenoxy) is 3. The summed E-state index contributed by atoms with van der Waals surface area (Å²) in [5.41, 5.74) is 7.96. The molecule has 1 heterocycles. The first kappa shape index (κ1) is 22.7. The molecule has 9 heteroatoms. The van der Waals surface area contributed by atoms with E-state index in [9.17, 15) is 9.59 Å². The van der Waals surface area contributed by atoms with Crippen molar-refractivity contribution >= 4 is 22.8 Å². The van der Waals surface area contributed by atoms with E-state index < -0.39 is 11.8 Å². The van der Waals surface area contributed by atoms with Crippen molar-refractivity contribution in [1.29, 1.82) is 0 Å². The zero-order chi connectivity index (χ0) is 24.2. The topological polar surface area (TPSA) is 104 Å². The summed E-state index contributed by atoms with van der Waals surface area (Å²) in [6.07, 6.45) is 0. The van der Waals surface area contributed by atoms with Crippen molar-refractivity contribution in [3.8, 4) is 22.9 Å². The van der Waals surface area contributed by atoms with Gasteiger partial charge in [0.05, 0.1) is 32.4 Å². The molecule has 0 aliphatic heterocycles. The number of aromatic nitrogens is 2. The van der Waals surface area contributed by atoms with Crippen molar-refractivity contribution in [3.05, 3.63) is 77.6 Å². The van der Waals surface area contributed by atoms with Crippen LogP contribution in [-0.2, 0) is 0 Å². The summed E-state index contributed by atoms with van der Waals surface area (Å²) in [5, 5.41) is 0. The number of methoxy groups -OCH3 is 3. The maximum absolute atomic E-state index is 12.7. The molecule has 2 amide bonds. The van der Waals surface area contributed by atoms with Gasteiger partial charge in [-0.1, -0.05) is 18.2 Å². The summed E-state index contributed by atoms with van der Waals surface area (Å²) in [6.45, 7) is 1.91. The van der Waals surface area contributed by atoms with Crippen molar-refractivity contribution in [2.75, 3.05) is 21.3 Å². The van der Waals surface area contributed by atoms with Gasteiger partial charge >= 0.3 is 0 Å². The highest BCUT2D eigenvalue weighted by atomic mass is 16.5. The van der Waals surface area contributed by atoms with E-state index in [1.165, 1.54) is 33.5 Å². The Morgan fingerprint density at radius 2 is 1.41 bits per heavy atom. The van der Waals surface area contributed by atoms with Crippen LogP contribution in [0.25, 0.3) is 16.7 Å². The largest absolute Gasteiger partial charge is 0.493 e. The van der Waals surface area contributed by atoms with Crippen molar-refractivity contribution in [3.63, 3.8) is 0 Å². The molecule has 0 spiro atoms. The van der Waals surface area contributed by atoms with E-state index in [0.29, 0.717) is 28.3 Å². The van der Waals surface area contributed by atoms with Crippen LogP contribution in [0.1, 0.15) is 26.5 Å².